The van der Waals surface area contributed by atoms with Crippen LogP contribution >= 0.6 is 11.6 Å². The van der Waals surface area contributed by atoms with Gasteiger partial charge in [-0.05, 0) is 30.2 Å². The number of nitrogens with zero attached hydrogens (tertiary/aromatic N) is 1. The Kier molecular flexibility index (Phi) is 3.62. The largest absolute Gasteiger partial charge is 0.451 e. The van der Waals surface area contributed by atoms with Crippen molar-refractivity contribution < 1.29 is 9.21 Å². The van der Waals surface area contributed by atoms with Crippen molar-refractivity contribution in [3.63, 3.8) is 0 Å². The van der Waals surface area contributed by atoms with Crippen molar-refractivity contribution in [2.45, 2.75) is 13.8 Å². The molecule has 1 heterocycles. The van der Waals surface area contributed by atoms with Crippen molar-refractivity contribution >= 4 is 28.5 Å². The number of amides is 1. The van der Waals surface area contributed by atoms with Gasteiger partial charge in [-0.25, -0.2) is 0 Å². The second-order valence-corrected chi connectivity index (χ2v) is 5.31. The minimum atomic E-state index is -0.101. The molecular formula is C14H16ClNO2. The van der Waals surface area contributed by atoms with Crippen LogP contribution in [0.4, 0.5) is 0 Å². The third kappa shape index (κ3) is 2.67. The normalized spacial score (nSPS) is 11.2. The highest BCUT2D eigenvalue weighted by Crippen LogP contribution is 2.23. The Morgan fingerprint density at radius 2 is 2.11 bits per heavy atom. The number of fused-ring (bicyclic) bond motifs is 1. The van der Waals surface area contributed by atoms with Crippen molar-refractivity contribution in [3.8, 4) is 0 Å². The maximum absolute atomic E-state index is 12.1. The van der Waals surface area contributed by atoms with Crippen LogP contribution in [0.1, 0.15) is 24.4 Å². The highest BCUT2D eigenvalue weighted by atomic mass is 35.5. The van der Waals surface area contributed by atoms with E-state index in [9.17, 15) is 4.79 Å². The van der Waals surface area contributed by atoms with E-state index in [2.05, 4.69) is 13.8 Å². The molecule has 0 N–H and O–H groups in total. The Morgan fingerprint density at radius 1 is 1.39 bits per heavy atom. The van der Waals surface area contributed by atoms with Gasteiger partial charge in [-0.1, -0.05) is 25.4 Å². The van der Waals surface area contributed by atoms with Gasteiger partial charge in [-0.2, -0.15) is 0 Å². The first-order chi connectivity index (χ1) is 8.47. The highest BCUT2D eigenvalue weighted by Gasteiger charge is 2.17. The molecule has 0 spiro atoms. The van der Waals surface area contributed by atoms with E-state index >= 15 is 0 Å². The summed E-state index contributed by atoms with van der Waals surface area (Å²) in [6.07, 6.45) is 0. The van der Waals surface area contributed by atoms with Gasteiger partial charge < -0.3 is 9.32 Å². The van der Waals surface area contributed by atoms with E-state index < -0.39 is 0 Å². The molecule has 1 amide bonds. The van der Waals surface area contributed by atoms with Gasteiger partial charge in [0.15, 0.2) is 5.76 Å². The maximum atomic E-state index is 12.1. The Balaban J connectivity index is 2.28. The van der Waals surface area contributed by atoms with Crippen molar-refractivity contribution in [2.75, 3.05) is 13.6 Å². The molecule has 0 bridgehead atoms. The fraction of sp³-hybridized carbons (Fsp3) is 0.357. The van der Waals surface area contributed by atoms with Crippen molar-refractivity contribution in [1.82, 2.24) is 4.90 Å². The lowest BCUT2D eigenvalue weighted by atomic mass is 10.2. The van der Waals surface area contributed by atoms with Gasteiger partial charge in [0.2, 0.25) is 0 Å². The molecule has 0 saturated carbocycles. The molecule has 18 heavy (non-hydrogen) atoms. The molecule has 0 aliphatic rings. The van der Waals surface area contributed by atoms with E-state index in [1.165, 1.54) is 0 Å². The summed E-state index contributed by atoms with van der Waals surface area (Å²) in [6.45, 7) is 4.85. The zero-order valence-electron chi connectivity index (χ0n) is 10.7. The second-order valence-electron chi connectivity index (χ2n) is 4.87. The van der Waals surface area contributed by atoms with Crippen LogP contribution in [0.5, 0.6) is 0 Å². The van der Waals surface area contributed by atoms with E-state index in [0.29, 0.717) is 28.8 Å². The minimum absolute atomic E-state index is 0.101. The van der Waals surface area contributed by atoms with E-state index in [4.69, 9.17) is 16.0 Å². The number of benzene rings is 1. The molecule has 2 rings (SSSR count). The van der Waals surface area contributed by atoms with Crippen LogP contribution in [0.2, 0.25) is 5.02 Å². The minimum Gasteiger partial charge on any atom is -0.451 e. The Bertz CT molecular complexity index is 574. The van der Waals surface area contributed by atoms with E-state index in [0.717, 1.165) is 5.39 Å². The topological polar surface area (TPSA) is 33.5 Å². The van der Waals surface area contributed by atoms with E-state index in [-0.39, 0.29) is 5.91 Å². The second kappa shape index (κ2) is 5.02. The Labute approximate surface area is 111 Å². The van der Waals surface area contributed by atoms with Gasteiger partial charge in [-0.3, -0.25) is 4.79 Å². The summed E-state index contributed by atoms with van der Waals surface area (Å²) in [7, 11) is 1.78. The van der Waals surface area contributed by atoms with Gasteiger partial charge in [0.25, 0.3) is 5.91 Å². The molecule has 4 heteroatoms. The number of carbonyl (C=O) groups excluding carboxylic acids is 1. The first-order valence-corrected chi connectivity index (χ1v) is 6.29. The van der Waals surface area contributed by atoms with Crippen LogP contribution in [0, 0.1) is 5.92 Å². The molecule has 0 aliphatic carbocycles. The predicted molar refractivity (Wildman–Crippen MR) is 73.0 cm³/mol. The monoisotopic (exact) mass is 265 g/mol. The average molecular weight is 266 g/mol. The summed E-state index contributed by atoms with van der Waals surface area (Å²) in [6, 6.07) is 7.05. The van der Waals surface area contributed by atoms with Crippen LogP contribution < -0.4 is 0 Å². The smallest absolute Gasteiger partial charge is 0.289 e. The third-order valence-electron chi connectivity index (χ3n) is 2.67. The Morgan fingerprint density at radius 3 is 2.78 bits per heavy atom. The zero-order valence-corrected chi connectivity index (χ0v) is 11.5. The first kappa shape index (κ1) is 13.0. The van der Waals surface area contributed by atoms with Crippen LogP contribution in [-0.2, 0) is 0 Å². The number of halogens is 1. The molecule has 1 aromatic heterocycles. The summed E-state index contributed by atoms with van der Waals surface area (Å²) in [5.41, 5.74) is 0.681. The molecule has 0 aliphatic heterocycles. The summed E-state index contributed by atoms with van der Waals surface area (Å²) in [4.78, 5) is 13.8. The fourth-order valence-electron chi connectivity index (χ4n) is 1.94. The summed E-state index contributed by atoms with van der Waals surface area (Å²) < 4.78 is 5.54. The maximum Gasteiger partial charge on any atom is 0.289 e. The van der Waals surface area contributed by atoms with Crippen LogP contribution in [-0.4, -0.2) is 24.4 Å². The van der Waals surface area contributed by atoms with E-state index in [1.54, 1.807) is 36.2 Å². The van der Waals surface area contributed by atoms with E-state index in [1.807, 2.05) is 0 Å². The SMILES string of the molecule is CC(C)CN(C)C(=O)c1cc2cc(Cl)ccc2o1. The molecular weight excluding hydrogens is 250 g/mol. The van der Waals surface area contributed by atoms with Gasteiger partial charge in [-0.15, -0.1) is 0 Å². The van der Waals surface area contributed by atoms with Crippen LogP contribution in [0.25, 0.3) is 11.0 Å². The molecule has 1 aromatic carbocycles. The van der Waals surface area contributed by atoms with Crippen molar-refractivity contribution in [3.05, 3.63) is 35.0 Å². The molecule has 3 nitrogen and oxygen atoms in total. The van der Waals surface area contributed by atoms with Gasteiger partial charge in [0, 0.05) is 24.0 Å². The number of furan rings is 1. The predicted octanol–water partition coefficient (Wildman–Crippen LogP) is 3.81. The number of rotatable bonds is 3. The highest BCUT2D eigenvalue weighted by molar-refractivity contribution is 6.31. The Hall–Kier alpha value is -1.48. The fourth-order valence-corrected chi connectivity index (χ4v) is 2.12. The molecule has 96 valence electrons. The number of carbonyl (C=O) groups is 1. The zero-order chi connectivity index (χ0) is 13.3. The standard InChI is InChI=1S/C14H16ClNO2/c1-9(2)8-16(3)14(17)13-7-10-6-11(15)4-5-12(10)18-13/h4-7,9H,8H2,1-3H3. The molecule has 0 saturated heterocycles. The quantitative estimate of drug-likeness (QED) is 0.845. The third-order valence-corrected chi connectivity index (χ3v) is 2.91. The van der Waals surface area contributed by atoms with Crippen molar-refractivity contribution in [1.29, 1.82) is 0 Å². The van der Waals surface area contributed by atoms with Gasteiger partial charge in [0.1, 0.15) is 5.58 Å². The summed E-state index contributed by atoms with van der Waals surface area (Å²) in [5.74, 6) is 0.684. The lowest BCUT2D eigenvalue weighted by Crippen LogP contribution is -2.29. The van der Waals surface area contributed by atoms with Gasteiger partial charge >= 0.3 is 0 Å². The first-order valence-electron chi connectivity index (χ1n) is 5.92. The number of hydrogen-bond acceptors (Lipinski definition) is 2. The molecule has 2 aromatic rings. The number of hydrogen-bond donors (Lipinski definition) is 0. The molecule has 0 fully saturated rings. The van der Waals surface area contributed by atoms with Gasteiger partial charge in [0.05, 0.1) is 0 Å². The van der Waals surface area contributed by atoms with Crippen molar-refractivity contribution in [2.24, 2.45) is 5.92 Å². The molecule has 0 atom stereocenters. The summed E-state index contributed by atoms with van der Waals surface area (Å²) >= 11 is 5.90. The lowest BCUT2D eigenvalue weighted by Gasteiger charge is -2.17. The summed E-state index contributed by atoms with van der Waals surface area (Å²) in [5, 5.41) is 1.49. The van der Waals surface area contributed by atoms with Crippen LogP contribution in [0.15, 0.2) is 28.7 Å². The van der Waals surface area contributed by atoms with Crippen LogP contribution in [0.3, 0.4) is 0 Å². The molecule has 0 radical (unpaired) electrons. The lowest BCUT2D eigenvalue weighted by molar-refractivity contribution is 0.0750. The average Bonchev–Trinajstić information content (AvgIpc) is 2.69. The molecule has 0 unspecified atom stereocenters.